The van der Waals surface area contributed by atoms with Crippen LogP contribution in [0.2, 0.25) is 0 Å². The number of benzene rings is 6. The second kappa shape index (κ2) is 9.59. The van der Waals surface area contributed by atoms with Gasteiger partial charge in [0.05, 0.1) is 0 Å². The van der Waals surface area contributed by atoms with E-state index in [-0.39, 0.29) is 0 Å². The van der Waals surface area contributed by atoms with E-state index < -0.39 is 31.6 Å². The van der Waals surface area contributed by atoms with Crippen molar-refractivity contribution in [1.29, 1.82) is 0 Å². The minimum absolute atomic E-state index is 0.502. The van der Waals surface area contributed by atoms with E-state index in [4.69, 9.17) is 5.63 Å². The Morgan fingerprint density at radius 2 is 0.718 bits per heavy atom. The molecule has 5 heteroatoms. The van der Waals surface area contributed by atoms with Crippen LogP contribution < -0.4 is 9.81 Å². The molecule has 6 rings (SSSR count). The Morgan fingerprint density at radius 3 is 1.03 bits per heavy atom. The zero-order chi connectivity index (χ0) is 27.1. The van der Waals surface area contributed by atoms with E-state index in [2.05, 4.69) is 0 Å². The van der Waals surface area contributed by atoms with Gasteiger partial charge in [0.1, 0.15) is 0 Å². The van der Waals surface area contributed by atoms with Crippen molar-refractivity contribution < 1.29 is 15.2 Å². The molecule has 39 heavy (non-hydrogen) atoms. The zero-order valence-electron chi connectivity index (χ0n) is 21.7. The fraction of sp³-hybridized carbons (Fsp3) is 0.0588. The Kier molecular flexibility index (Phi) is 6.20. The molecule has 0 aliphatic heterocycles. The van der Waals surface area contributed by atoms with Crippen LogP contribution in [0.1, 0.15) is 13.8 Å². The summed E-state index contributed by atoms with van der Waals surface area (Å²) < 4.78 is 15.9. The van der Waals surface area contributed by atoms with Crippen molar-refractivity contribution in [3.63, 3.8) is 0 Å². The third kappa shape index (κ3) is 3.84. The van der Waals surface area contributed by atoms with Crippen LogP contribution in [0.3, 0.4) is 0 Å². The molecule has 0 heterocycles. The molecule has 0 amide bonds. The van der Waals surface area contributed by atoms with Crippen LogP contribution in [-0.4, -0.2) is 31.6 Å². The van der Waals surface area contributed by atoms with Gasteiger partial charge in [-0.1, -0.05) is 0 Å². The van der Waals surface area contributed by atoms with Gasteiger partial charge in [-0.25, -0.2) is 0 Å². The quantitative estimate of drug-likeness (QED) is 0.216. The van der Waals surface area contributed by atoms with E-state index in [1.165, 1.54) is 13.8 Å². The molecule has 0 atom stereocenters. The van der Waals surface area contributed by atoms with Crippen molar-refractivity contribution in [1.82, 2.24) is 0 Å². The van der Waals surface area contributed by atoms with E-state index in [1.54, 1.807) is 0 Å². The van der Waals surface area contributed by atoms with Gasteiger partial charge in [-0.2, -0.15) is 0 Å². The maximum absolute atomic E-state index is 13.4. The van der Waals surface area contributed by atoms with E-state index >= 15 is 0 Å². The van der Waals surface area contributed by atoms with Gasteiger partial charge < -0.3 is 0 Å². The Bertz CT molecular complexity index is 1680. The van der Waals surface area contributed by atoms with Crippen LogP contribution >= 0.6 is 0 Å². The summed E-state index contributed by atoms with van der Waals surface area (Å²) in [6.07, 6.45) is 0. The van der Waals surface area contributed by atoms with E-state index in [9.17, 15) is 9.59 Å². The second-order valence-electron chi connectivity index (χ2n) is 9.62. The molecule has 0 unspecified atom stereocenters. The average molecular weight is 709 g/mol. The van der Waals surface area contributed by atoms with Crippen molar-refractivity contribution >= 4 is 73.7 Å². The molecule has 0 aliphatic rings. The molecule has 0 bridgehead atoms. The van der Waals surface area contributed by atoms with Crippen LogP contribution in [0.25, 0.3) is 32.3 Å². The first-order valence-corrected chi connectivity index (χ1v) is 20.9. The van der Waals surface area contributed by atoms with Crippen LogP contribution in [0.15, 0.2) is 127 Å². The van der Waals surface area contributed by atoms with Crippen LogP contribution in [0, 0.1) is 0 Å². The van der Waals surface area contributed by atoms with Gasteiger partial charge in [0, 0.05) is 0 Å². The monoisotopic (exact) mass is 708 g/mol. The Labute approximate surface area is 229 Å². The first kappa shape index (κ1) is 25.2. The van der Waals surface area contributed by atoms with Crippen molar-refractivity contribution in [2.75, 3.05) is 0 Å². The van der Waals surface area contributed by atoms with Crippen molar-refractivity contribution in [2.45, 2.75) is 13.8 Å². The first-order valence-electron chi connectivity index (χ1n) is 12.8. The number of hydrogen-bond donors (Lipinski definition) is 0. The van der Waals surface area contributed by atoms with Gasteiger partial charge in [0.25, 0.3) is 0 Å². The predicted octanol–water partition coefficient (Wildman–Crippen LogP) is 5.69. The summed E-state index contributed by atoms with van der Waals surface area (Å²) in [6, 6.07) is 41.8. The molecule has 0 radical (unpaired) electrons. The standard InChI is InChI=1S/3C10H7.2C2H4O2.Bi/c3*1-2-6-10-8-4-3-7-9(10)5-1;2*1-2(3)4;/h3*1-7H;2*1H3,(H,3,4);/q;;;;;+2/p-2. The minimum atomic E-state index is -6.30. The summed E-state index contributed by atoms with van der Waals surface area (Å²) in [7, 11) is 0. The molecule has 192 valence electrons. The molecule has 0 N–H and O–H groups in total. The maximum atomic E-state index is 13.4. The summed E-state index contributed by atoms with van der Waals surface area (Å²) in [5.74, 6) is -1.00. The number of rotatable bonds is 5. The third-order valence-electron chi connectivity index (χ3n) is 7.22. The Morgan fingerprint density at radius 1 is 0.436 bits per heavy atom. The zero-order valence-corrected chi connectivity index (χ0v) is 25.2. The molecule has 6 aromatic carbocycles. The van der Waals surface area contributed by atoms with Gasteiger partial charge in [0.2, 0.25) is 0 Å². The summed E-state index contributed by atoms with van der Waals surface area (Å²) >= 11 is -6.30. The van der Waals surface area contributed by atoms with Crippen molar-refractivity contribution in [2.24, 2.45) is 0 Å². The van der Waals surface area contributed by atoms with E-state index in [0.717, 1.165) is 42.1 Å². The number of hydrogen-bond acceptors (Lipinski definition) is 4. The Hall–Kier alpha value is -4.08. The van der Waals surface area contributed by atoms with Crippen LogP contribution in [-0.2, 0) is 15.2 Å². The van der Waals surface area contributed by atoms with Gasteiger partial charge >= 0.3 is 230 Å². The summed E-state index contributed by atoms with van der Waals surface area (Å²) in [6.45, 7) is 2.80. The van der Waals surface area contributed by atoms with E-state index in [0.29, 0.717) is 0 Å². The number of carbonyl (C=O) groups is 2. The first-order chi connectivity index (χ1) is 18.9. The van der Waals surface area contributed by atoms with Crippen LogP contribution in [0.5, 0.6) is 0 Å². The molecule has 0 saturated carbocycles. The van der Waals surface area contributed by atoms with Gasteiger partial charge in [-0.15, -0.1) is 0 Å². The van der Waals surface area contributed by atoms with Gasteiger partial charge in [-0.05, 0) is 0 Å². The predicted molar refractivity (Wildman–Crippen MR) is 160 cm³/mol. The molecule has 0 aromatic heterocycles. The summed E-state index contributed by atoms with van der Waals surface area (Å²) in [5.41, 5.74) is 0. The third-order valence-corrected chi connectivity index (χ3v) is 26.7. The SMILES string of the molecule is CC(=O)[O][Bi]([O]C(C)=O)([c]1cccc2ccccc12)([c]1cccc2ccccc12)[c]1cccc2ccccc12. The molecule has 0 saturated heterocycles. The van der Waals surface area contributed by atoms with Crippen LogP contribution in [0.4, 0.5) is 0 Å². The number of fused-ring (bicyclic) bond motifs is 3. The van der Waals surface area contributed by atoms with Crippen molar-refractivity contribution in [3.8, 4) is 0 Å². The molecule has 0 fully saturated rings. The molecule has 4 nitrogen and oxygen atoms in total. The summed E-state index contributed by atoms with van der Waals surface area (Å²) in [5, 5.41) is 5.56. The van der Waals surface area contributed by atoms with Crippen molar-refractivity contribution in [3.05, 3.63) is 127 Å². The molecule has 0 aliphatic carbocycles. The topological polar surface area (TPSA) is 52.6 Å². The molecule has 6 aromatic rings. The fourth-order valence-electron chi connectivity index (χ4n) is 5.88. The second-order valence-corrected chi connectivity index (χ2v) is 24.1. The Balaban J connectivity index is 1.99. The van der Waals surface area contributed by atoms with Gasteiger partial charge in [0.15, 0.2) is 0 Å². The number of carbonyl (C=O) groups excluding carboxylic acids is 2. The van der Waals surface area contributed by atoms with Gasteiger partial charge in [-0.3, -0.25) is 0 Å². The summed E-state index contributed by atoms with van der Waals surface area (Å²) in [4.78, 5) is 26.8. The normalized spacial score (nSPS) is 12.6. The average Bonchev–Trinajstić information content (AvgIpc) is 2.95. The molecular weight excluding hydrogens is 681 g/mol. The fourth-order valence-corrected chi connectivity index (χ4v) is 26.8. The molecule has 0 spiro atoms. The van der Waals surface area contributed by atoms with E-state index in [1.807, 2.05) is 127 Å². The molecular formula is C34H27BiO4.